The molecule has 0 aliphatic rings. The Bertz CT molecular complexity index is 546. The van der Waals surface area contributed by atoms with Crippen LogP contribution >= 0.6 is 33.9 Å². The van der Waals surface area contributed by atoms with Gasteiger partial charge < -0.3 is 5.32 Å². The highest BCUT2D eigenvalue weighted by atomic mass is 127. The molecule has 2 aromatic rings. The van der Waals surface area contributed by atoms with E-state index in [4.69, 9.17) is 0 Å². The van der Waals surface area contributed by atoms with Gasteiger partial charge in [-0.05, 0) is 58.3 Å². The molecule has 0 spiro atoms. The second-order valence-electron chi connectivity index (χ2n) is 5.05. The Morgan fingerprint density at radius 3 is 2.53 bits per heavy atom. The normalized spacial score (nSPS) is 11.3. The lowest BCUT2D eigenvalue weighted by Crippen LogP contribution is -2.36. The first-order valence-electron chi connectivity index (χ1n) is 6.07. The molecular weight excluding hydrogens is 369 g/mol. The first-order valence-corrected chi connectivity index (χ1v) is 8.03. The summed E-state index contributed by atoms with van der Waals surface area (Å²) in [6.45, 7) is 4.93. The van der Waals surface area contributed by atoms with Crippen molar-refractivity contribution in [2.45, 2.75) is 19.3 Å². The Hall–Kier alpha value is -0.880. The lowest BCUT2D eigenvalue weighted by atomic mass is 9.91. The maximum absolute atomic E-state index is 12.1. The summed E-state index contributed by atoms with van der Waals surface area (Å²) in [6.07, 6.45) is 0. The SMILES string of the molecule is CC(C)(CNC(=O)c1ccc(I)cc1)c1cccs1. The van der Waals surface area contributed by atoms with E-state index < -0.39 is 0 Å². The van der Waals surface area contributed by atoms with E-state index in [1.807, 2.05) is 30.3 Å². The average Bonchev–Trinajstić information content (AvgIpc) is 2.91. The zero-order valence-corrected chi connectivity index (χ0v) is 13.9. The highest BCUT2D eigenvalue weighted by molar-refractivity contribution is 14.1. The largest absolute Gasteiger partial charge is 0.351 e. The van der Waals surface area contributed by atoms with E-state index in [1.165, 1.54) is 4.88 Å². The average molecular weight is 385 g/mol. The van der Waals surface area contributed by atoms with Crippen molar-refractivity contribution in [1.82, 2.24) is 5.32 Å². The number of nitrogens with one attached hydrogen (secondary N) is 1. The van der Waals surface area contributed by atoms with Crippen LogP contribution in [0.2, 0.25) is 0 Å². The summed E-state index contributed by atoms with van der Waals surface area (Å²) in [7, 11) is 0. The van der Waals surface area contributed by atoms with E-state index >= 15 is 0 Å². The Labute approximate surface area is 131 Å². The summed E-state index contributed by atoms with van der Waals surface area (Å²) < 4.78 is 1.13. The van der Waals surface area contributed by atoms with Gasteiger partial charge >= 0.3 is 0 Å². The molecule has 0 fully saturated rings. The molecule has 0 bridgehead atoms. The minimum atomic E-state index is -0.0347. The van der Waals surface area contributed by atoms with E-state index in [-0.39, 0.29) is 11.3 Å². The van der Waals surface area contributed by atoms with E-state index in [0.717, 1.165) is 3.57 Å². The van der Waals surface area contributed by atoms with Crippen molar-refractivity contribution >= 4 is 39.8 Å². The van der Waals surface area contributed by atoms with Crippen LogP contribution in [0.1, 0.15) is 29.1 Å². The number of benzene rings is 1. The zero-order valence-electron chi connectivity index (χ0n) is 10.9. The number of amides is 1. The summed E-state index contributed by atoms with van der Waals surface area (Å²) in [6, 6.07) is 11.8. The van der Waals surface area contributed by atoms with Crippen molar-refractivity contribution in [2.75, 3.05) is 6.54 Å². The minimum Gasteiger partial charge on any atom is -0.351 e. The van der Waals surface area contributed by atoms with Crippen LogP contribution in [0.3, 0.4) is 0 Å². The molecule has 0 radical (unpaired) electrons. The number of carbonyl (C=O) groups is 1. The molecule has 0 atom stereocenters. The third-order valence-corrected chi connectivity index (χ3v) is 4.94. The summed E-state index contributed by atoms with van der Waals surface area (Å²) in [5.41, 5.74) is 0.676. The Morgan fingerprint density at radius 1 is 1.26 bits per heavy atom. The zero-order chi connectivity index (χ0) is 13.9. The Morgan fingerprint density at radius 2 is 1.95 bits per heavy atom. The fourth-order valence-corrected chi connectivity index (χ4v) is 2.97. The number of rotatable bonds is 4. The van der Waals surface area contributed by atoms with Crippen LogP contribution in [-0.2, 0) is 5.41 Å². The predicted molar refractivity (Wildman–Crippen MR) is 88.8 cm³/mol. The quantitative estimate of drug-likeness (QED) is 0.791. The monoisotopic (exact) mass is 385 g/mol. The maximum atomic E-state index is 12.1. The van der Waals surface area contributed by atoms with E-state index in [9.17, 15) is 4.79 Å². The van der Waals surface area contributed by atoms with Crippen LogP contribution in [0.15, 0.2) is 41.8 Å². The third kappa shape index (κ3) is 3.79. The standard InChI is InChI=1S/C15H16INOS/c1-15(2,13-4-3-9-19-13)10-17-14(18)11-5-7-12(16)8-6-11/h3-9H,10H2,1-2H3,(H,17,18). The lowest BCUT2D eigenvalue weighted by Gasteiger charge is -2.23. The number of hydrogen-bond donors (Lipinski definition) is 1. The van der Waals surface area contributed by atoms with Gasteiger partial charge in [0.1, 0.15) is 0 Å². The van der Waals surface area contributed by atoms with Crippen LogP contribution in [0.25, 0.3) is 0 Å². The number of carbonyl (C=O) groups excluding carboxylic acids is 1. The molecule has 1 aromatic carbocycles. The molecule has 1 N–H and O–H groups in total. The summed E-state index contributed by atoms with van der Waals surface area (Å²) >= 11 is 3.96. The van der Waals surface area contributed by atoms with Gasteiger partial charge in [-0.25, -0.2) is 0 Å². The number of hydrogen-bond acceptors (Lipinski definition) is 2. The van der Waals surface area contributed by atoms with Crippen molar-refractivity contribution in [3.8, 4) is 0 Å². The lowest BCUT2D eigenvalue weighted by molar-refractivity contribution is 0.0946. The molecule has 2 rings (SSSR count). The van der Waals surface area contributed by atoms with Crippen LogP contribution < -0.4 is 5.32 Å². The highest BCUT2D eigenvalue weighted by Crippen LogP contribution is 2.26. The predicted octanol–water partition coefficient (Wildman–Crippen LogP) is 4.06. The fraction of sp³-hybridized carbons (Fsp3) is 0.267. The third-order valence-electron chi connectivity index (χ3n) is 2.99. The Balaban J connectivity index is 1.99. The molecule has 0 saturated carbocycles. The number of halogens is 1. The molecule has 0 saturated heterocycles. The molecule has 100 valence electrons. The van der Waals surface area contributed by atoms with Gasteiger partial charge in [-0.1, -0.05) is 19.9 Å². The highest BCUT2D eigenvalue weighted by Gasteiger charge is 2.22. The second kappa shape index (κ2) is 6.05. The van der Waals surface area contributed by atoms with Crippen LogP contribution in [0.5, 0.6) is 0 Å². The first kappa shape index (κ1) is 14.5. The van der Waals surface area contributed by atoms with E-state index in [0.29, 0.717) is 12.1 Å². The molecule has 0 aliphatic heterocycles. The van der Waals surface area contributed by atoms with Crippen molar-refractivity contribution in [3.63, 3.8) is 0 Å². The molecule has 1 amide bonds. The Kier molecular flexibility index (Phi) is 4.62. The molecular formula is C15H16INOS. The van der Waals surface area contributed by atoms with E-state index in [2.05, 4.69) is 53.2 Å². The van der Waals surface area contributed by atoms with Crippen molar-refractivity contribution in [2.24, 2.45) is 0 Å². The summed E-state index contributed by atoms with van der Waals surface area (Å²) in [5, 5.41) is 5.08. The van der Waals surface area contributed by atoms with Gasteiger partial charge in [-0.2, -0.15) is 0 Å². The topological polar surface area (TPSA) is 29.1 Å². The van der Waals surface area contributed by atoms with Crippen molar-refractivity contribution in [3.05, 3.63) is 55.8 Å². The molecule has 4 heteroatoms. The fourth-order valence-electron chi connectivity index (χ4n) is 1.76. The van der Waals surface area contributed by atoms with Gasteiger partial charge in [0.15, 0.2) is 0 Å². The summed E-state index contributed by atoms with van der Waals surface area (Å²) in [5.74, 6) is -0.0129. The van der Waals surface area contributed by atoms with Crippen LogP contribution in [-0.4, -0.2) is 12.5 Å². The van der Waals surface area contributed by atoms with Crippen LogP contribution in [0, 0.1) is 3.57 Å². The molecule has 0 unspecified atom stereocenters. The second-order valence-corrected chi connectivity index (χ2v) is 7.24. The van der Waals surface area contributed by atoms with Crippen molar-refractivity contribution in [1.29, 1.82) is 0 Å². The molecule has 0 aliphatic carbocycles. The first-order chi connectivity index (χ1) is 8.99. The van der Waals surface area contributed by atoms with Gasteiger partial charge in [-0.15, -0.1) is 11.3 Å². The van der Waals surface area contributed by atoms with Crippen molar-refractivity contribution < 1.29 is 4.79 Å². The van der Waals surface area contributed by atoms with Gasteiger partial charge in [-0.3, -0.25) is 4.79 Å². The van der Waals surface area contributed by atoms with Gasteiger partial charge in [0, 0.05) is 26.0 Å². The van der Waals surface area contributed by atoms with Gasteiger partial charge in [0.25, 0.3) is 5.91 Å². The van der Waals surface area contributed by atoms with Crippen LogP contribution in [0.4, 0.5) is 0 Å². The molecule has 1 aromatic heterocycles. The molecule has 2 nitrogen and oxygen atoms in total. The maximum Gasteiger partial charge on any atom is 0.251 e. The van der Waals surface area contributed by atoms with Gasteiger partial charge in [0.05, 0.1) is 0 Å². The minimum absolute atomic E-state index is 0.0129. The molecule has 1 heterocycles. The summed E-state index contributed by atoms with van der Waals surface area (Å²) in [4.78, 5) is 13.3. The van der Waals surface area contributed by atoms with Gasteiger partial charge in [0.2, 0.25) is 0 Å². The number of thiophene rings is 1. The smallest absolute Gasteiger partial charge is 0.251 e. The van der Waals surface area contributed by atoms with E-state index in [1.54, 1.807) is 11.3 Å². The molecule has 19 heavy (non-hydrogen) atoms.